The van der Waals surface area contributed by atoms with E-state index in [1.54, 1.807) is 0 Å². The normalized spacial score (nSPS) is 40.2. The summed E-state index contributed by atoms with van der Waals surface area (Å²) in [7, 11) is 0. The number of rotatable bonds is 4. The van der Waals surface area contributed by atoms with Gasteiger partial charge in [-0.1, -0.05) is 6.42 Å². The van der Waals surface area contributed by atoms with E-state index in [0.29, 0.717) is 11.8 Å². The van der Waals surface area contributed by atoms with E-state index in [4.69, 9.17) is 4.74 Å². The first kappa shape index (κ1) is 12.4. The van der Waals surface area contributed by atoms with E-state index < -0.39 is 11.4 Å². The summed E-state index contributed by atoms with van der Waals surface area (Å²) in [5.74, 6) is 0.597. The molecule has 4 heteroatoms. The number of hydrogen-bond donors (Lipinski definition) is 1. The topological polar surface area (TPSA) is 49.8 Å². The summed E-state index contributed by atoms with van der Waals surface area (Å²) in [5.41, 5.74) is -0.402. The Labute approximate surface area is 108 Å². The zero-order valence-electron chi connectivity index (χ0n) is 10.9. The van der Waals surface area contributed by atoms with Crippen molar-refractivity contribution >= 4 is 5.97 Å². The maximum atomic E-state index is 11.7. The number of carbonyl (C=O) groups is 1. The van der Waals surface area contributed by atoms with Crippen LogP contribution in [0.4, 0.5) is 0 Å². The van der Waals surface area contributed by atoms with Crippen LogP contribution < -0.4 is 0 Å². The van der Waals surface area contributed by atoms with Gasteiger partial charge in [-0.25, -0.2) is 0 Å². The Morgan fingerprint density at radius 2 is 2.11 bits per heavy atom. The predicted octanol–water partition coefficient (Wildman–Crippen LogP) is 1.60. The van der Waals surface area contributed by atoms with Gasteiger partial charge in [-0.3, -0.25) is 9.69 Å². The molecule has 0 spiro atoms. The summed E-state index contributed by atoms with van der Waals surface area (Å²) >= 11 is 0. The lowest BCUT2D eigenvalue weighted by Crippen LogP contribution is -2.43. The molecule has 0 aromatic rings. The van der Waals surface area contributed by atoms with Crippen LogP contribution in [0.25, 0.3) is 0 Å². The summed E-state index contributed by atoms with van der Waals surface area (Å²) in [6.07, 6.45) is 5.33. The van der Waals surface area contributed by atoms with Gasteiger partial charge in [0.25, 0.3) is 0 Å². The van der Waals surface area contributed by atoms with Gasteiger partial charge in [0.1, 0.15) is 0 Å². The van der Waals surface area contributed by atoms with Crippen LogP contribution in [0.1, 0.15) is 32.1 Å². The molecule has 2 aliphatic carbocycles. The molecule has 4 nitrogen and oxygen atoms in total. The van der Waals surface area contributed by atoms with Crippen molar-refractivity contribution in [2.45, 2.75) is 32.1 Å². The quantitative estimate of drug-likeness (QED) is 0.827. The lowest BCUT2D eigenvalue weighted by atomic mass is 9.70. The summed E-state index contributed by atoms with van der Waals surface area (Å²) < 4.78 is 5.34. The molecule has 0 aromatic heterocycles. The van der Waals surface area contributed by atoms with Gasteiger partial charge >= 0.3 is 5.97 Å². The molecule has 3 atom stereocenters. The highest BCUT2D eigenvalue weighted by Crippen LogP contribution is 2.57. The zero-order valence-corrected chi connectivity index (χ0v) is 10.9. The molecule has 0 amide bonds. The first-order valence-corrected chi connectivity index (χ1v) is 7.24. The SMILES string of the molecule is O=C(O)C1(CCN2CCOCC2)CC2CCC1C2. The van der Waals surface area contributed by atoms with Gasteiger partial charge in [0.05, 0.1) is 18.6 Å². The van der Waals surface area contributed by atoms with E-state index in [2.05, 4.69) is 4.90 Å². The van der Waals surface area contributed by atoms with Crippen LogP contribution in [0.3, 0.4) is 0 Å². The smallest absolute Gasteiger partial charge is 0.309 e. The van der Waals surface area contributed by atoms with Gasteiger partial charge in [0.15, 0.2) is 0 Å². The number of nitrogens with zero attached hydrogens (tertiary/aromatic N) is 1. The first-order valence-electron chi connectivity index (χ1n) is 7.24. The summed E-state index contributed by atoms with van der Waals surface area (Å²) in [6, 6.07) is 0. The highest BCUT2D eigenvalue weighted by atomic mass is 16.5. The molecule has 18 heavy (non-hydrogen) atoms. The molecule has 1 saturated heterocycles. The van der Waals surface area contributed by atoms with E-state index in [1.807, 2.05) is 0 Å². The fourth-order valence-corrected chi connectivity index (χ4v) is 4.30. The summed E-state index contributed by atoms with van der Waals surface area (Å²) in [5, 5.41) is 9.67. The number of carboxylic acids is 1. The van der Waals surface area contributed by atoms with E-state index in [0.717, 1.165) is 58.5 Å². The van der Waals surface area contributed by atoms with Crippen molar-refractivity contribution in [3.63, 3.8) is 0 Å². The van der Waals surface area contributed by atoms with Crippen LogP contribution in [-0.4, -0.2) is 48.8 Å². The first-order chi connectivity index (χ1) is 8.71. The third-order valence-electron chi connectivity index (χ3n) is 5.38. The average Bonchev–Trinajstić information content (AvgIpc) is 2.98. The molecule has 3 aliphatic rings. The minimum absolute atomic E-state index is 0.402. The molecular weight excluding hydrogens is 230 g/mol. The molecule has 2 saturated carbocycles. The summed E-state index contributed by atoms with van der Waals surface area (Å²) in [6.45, 7) is 4.45. The molecule has 0 radical (unpaired) electrons. The second-order valence-electron chi connectivity index (χ2n) is 6.25. The van der Waals surface area contributed by atoms with E-state index in [-0.39, 0.29) is 0 Å². The Bertz CT molecular complexity index is 327. The highest BCUT2D eigenvalue weighted by molar-refractivity contribution is 5.75. The second-order valence-corrected chi connectivity index (χ2v) is 6.25. The summed E-state index contributed by atoms with van der Waals surface area (Å²) in [4.78, 5) is 14.1. The van der Waals surface area contributed by atoms with Crippen LogP contribution in [0.15, 0.2) is 0 Å². The predicted molar refractivity (Wildman–Crippen MR) is 67.4 cm³/mol. The third kappa shape index (κ3) is 2.05. The van der Waals surface area contributed by atoms with Gasteiger partial charge in [0.2, 0.25) is 0 Å². The van der Waals surface area contributed by atoms with Crippen molar-refractivity contribution in [1.82, 2.24) is 4.90 Å². The molecule has 1 aliphatic heterocycles. The minimum Gasteiger partial charge on any atom is -0.481 e. The number of hydrogen-bond acceptors (Lipinski definition) is 3. The van der Waals surface area contributed by atoms with Crippen LogP contribution in [0.5, 0.6) is 0 Å². The minimum atomic E-state index is -0.539. The molecule has 3 fully saturated rings. The van der Waals surface area contributed by atoms with Crippen molar-refractivity contribution in [2.24, 2.45) is 17.3 Å². The van der Waals surface area contributed by atoms with Crippen LogP contribution in [0.2, 0.25) is 0 Å². The lowest BCUT2D eigenvalue weighted by Gasteiger charge is -2.36. The molecule has 1 heterocycles. The highest BCUT2D eigenvalue weighted by Gasteiger charge is 2.55. The average molecular weight is 253 g/mol. The number of aliphatic carboxylic acids is 1. The number of morpholine rings is 1. The maximum absolute atomic E-state index is 11.7. The van der Waals surface area contributed by atoms with Crippen molar-refractivity contribution in [3.05, 3.63) is 0 Å². The van der Waals surface area contributed by atoms with Crippen molar-refractivity contribution in [2.75, 3.05) is 32.8 Å². The maximum Gasteiger partial charge on any atom is 0.309 e. The molecule has 3 rings (SSSR count). The van der Waals surface area contributed by atoms with Crippen molar-refractivity contribution in [1.29, 1.82) is 0 Å². The van der Waals surface area contributed by atoms with E-state index in [9.17, 15) is 9.90 Å². The number of ether oxygens (including phenoxy) is 1. The molecule has 3 unspecified atom stereocenters. The van der Waals surface area contributed by atoms with Gasteiger partial charge in [-0.05, 0) is 44.1 Å². The Morgan fingerprint density at radius 1 is 1.33 bits per heavy atom. The zero-order chi connectivity index (χ0) is 12.6. The number of fused-ring (bicyclic) bond motifs is 2. The van der Waals surface area contributed by atoms with Gasteiger partial charge in [-0.15, -0.1) is 0 Å². The molecule has 0 aromatic carbocycles. The Kier molecular flexibility index (Phi) is 3.32. The van der Waals surface area contributed by atoms with Crippen LogP contribution in [0, 0.1) is 17.3 Å². The van der Waals surface area contributed by atoms with Gasteiger partial charge in [0, 0.05) is 13.1 Å². The molecule has 102 valence electrons. The van der Waals surface area contributed by atoms with Gasteiger partial charge < -0.3 is 9.84 Å². The number of carboxylic acid groups (broad SMARTS) is 1. The fraction of sp³-hybridized carbons (Fsp3) is 0.929. The van der Waals surface area contributed by atoms with Crippen LogP contribution >= 0.6 is 0 Å². The standard InChI is InChI=1S/C14H23NO3/c16-13(17)14(10-11-1-2-12(14)9-11)3-4-15-5-7-18-8-6-15/h11-12H,1-10H2,(H,16,17). The van der Waals surface area contributed by atoms with Crippen molar-refractivity contribution in [3.8, 4) is 0 Å². The third-order valence-corrected chi connectivity index (χ3v) is 5.38. The lowest BCUT2D eigenvalue weighted by molar-refractivity contribution is -0.153. The Morgan fingerprint density at radius 3 is 2.67 bits per heavy atom. The molecule has 2 bridgehead atoms. The van der Waals surface area contributed by atoms with Crippen LogP contribution in [-0.2, 0) is 9.53 Å². The van der Waals surface area contributed by atoms with Gasteiger partial charge in [-0.2, -0.15) is 0 Å². The molecular formula is C14H23NO3. The second kappa shape index (κ2) is 4.82. The Balaban J connectivity index is 1.62. The Hall–Kier alpha value is -0.610. The van der Waals surface area contributed by atoms with Crippen molar-refractivity contribution < 1.29 is 14.6 Å². The van der Waals surface area contributed by atoms with E-state index in [1.165, 1.54) is 6.42 Å². The molecule has 1 N–H and O–H groups in total. The monoisotopic (exact) mass is 253 g/mol. The van der Waals surface area contributed by atoms with E-state index >= 15 is 0 Å². The largest absolute Gasteiger partial charge is 0.481 e. The fourth-order valence-electron chi connectivity index (χ4n) is 4.30.